The Bertz CT molecular complexity index is 708. The summed E-state index contributed by atoms with van der Waals surface area (Å²) < 4.78 is 34.9. The van der Waals surface area contributed by atoms with Gasteiger partial charge in [0, 0.05) is 25.7 Å². The van der Waals surface area contributed by atoms with E-state index in [4.69, 9.17) is 4.74 Å². The minimum Gasteiger partial charge on any atom is -0.497 e. The molecule has 1 unspecified atom stereocenters. The van der Waals surface area contributed by atoms with Gasteiger partial charge in [0.15, 0.2) is 5.96 Å². The minimum atomic E-state index is -2.88. The van der Waals surface area contributed by atoms with Gasteiger partial charge in [-0.15, -0.1) is 0 Å². The molecule has 26 heavy (non-hydrogen) atoms. The van der Waals surface area contributed by atoms with Crippen molar-refractivity contribution in [2.75, 3.05) is 20.7 Å². The lowest BCUT2D eigenvalue weighted by Gasteiger charge is -2.17. The number of nitrogens with one attached hydrogen (secondary N) is 2. The summed E-state index contributed by atoms with van der Waals surface area (Å²) in [6.45, 7) is 0.214. The molecule has 2 rings (SSSR count). The fourth-order valence-electron chi connectivity index (χ4n) is 2.35. The van der Waals surface area contributed by atoms with Crippen LogP contribution in [0.2, 0.25) is 0 Å². The van der Waals surface area contributed by atoms with Gasteiger partial charge >= 0.3 is 6.61 Å². The van der Waals surface area contributed by atoms with Crippen LogP contribution >= 0.6 is 11.3 Å². The Kier molecular flexibility index (Phi) is 7.65. The lowest BCUT2D eigenvalue weighted by atomic mass is 10.1. The van der Waals surface area contributed by atoms with E-state index in [1.165, 1.54) is 18.7 Å². The Morgan fingerprint density at radius 2 is 2.08 bits per heavy atom. The van der Waals surface area contributed by atoms with Crippen molar-refractivity contribution < 1.29 is 18.3 Å². The molecule has 0 aliphatic heterocycles. The van der Waals surface area contributed by atoms with Crippen LogP contribution in [0, 0.1) is 0 Å². The van der Waals surface area contributed by atoms with Crippen molar-refractivity contribution in [2.24, 2.45) is 4.99 Å². The van der Waals surface area contributed by atoms with E-state index < -0.39 is 6.61 Å². The Labute approximate surface area is 156 Å². The Morgan fingerprint density at radius 1 is 1.27 bits per heavy atom. The molecule has 2 aromatic rings. The predicted octanol–water partition coefficient (Wildman–Crippen LogP) is 3.83. The van der Waals surface area contributed by atoms with Crippen LogP contribution in [0.3, 0.4) is 0 Å². The Balaban J connectivity index is 1.96. The Morgan fingerprint density at radius 3 is 2.69 bits per heavy atom. The van der Waals surface area contributed by atoms with E-state index in [0.717, 1.165) is 0 Å². The van der Waals surface area contributed by atoms with Gasteiger partial charge in [-0.25, -0.2) is 0 Å². The van der Waals surface area contributed by atoms with Crippen molar-refractivity contribution in [3.8, 4) is 11.5 Å². The van der Waals surface area contributed by atoms with Gasteiger partial charge in [-0.1, -0.05) is 6.92 Å². The van der Waals surface area contributed by atoms with Gasteiger partial charge in [0.25, 0.3) is 0 Å². The fraction of sp³-hybridized carbons (Fsp3) is 0.389. The average molecular weight is 383 g/mol. The third kappa shape index (κ3) is 5.87. The van der Waals surface area contributed by atoms with Gasteiger partial charge in [0.1, 0.15) is 11.5 Å². The quantitative estimate of drug-likeness (QED) is 0.537. The van der Waals surface area contributed by atoms with Crippen LogP contribution in [0.5, 0.6) is 11.5 Å². The van der Waals surface area contributed by atoms with Crippen LogP contribution in [0.15, 0.2) is 40.0 Å². The van der Waals surface area contributed by atoms with Gasteiger partial charge in [-0.05, 0) is 46.5 Å². The summed E-state index contributed by atoms with van der Waals surface area (Å²) in [5.41, 5.74) is 1.82. The van der Waals surface area contributed by atoms with Gasteiger partial charge < -0.3 is 20.1 Å². The van der Waals surface area contributed by atoms with Crippen LogP contribution in [0.4, 0.5) is 8.78 Å². The predicted molar refractivity (Wildman–Crippen MR) is 101 cm³/mol. The second-order valence-electron chi connectivity index (χ2n) is 5.62. The molecule has 0 spiro atoms. The third-order valence-corrected chi connectivity index (χ3v) is 4.54. The highest BCUT2D eigenvalue weighted by Crippen LogP contribution is 2.25. The number of ether oxygens (including phenoxy) is 2. The standard InChI is InChI=1S/C18H23F2N3O2S/c1-12(13-6-7-26-11-13)9-22-18(21-2)23-10-14-8-15(24-3)4-5-16(14)25-17(19)20/h4-8,11-12,17H,9-10H2,1-3H3,(H2,21,22,23). The second kappa shape index (κ2) is 9.96. The number of benzene rings is 1. The molecule has 1 heterocycles. The monoisotopic (exact) mass is 383 g/mol. The van der Waals surface area contributed by atoms with E-state index in [-0.39, 0.29) is 12.3 Å². The largest absolute Gasteiger partial charge is 0.497 e. The minimum absolute atomic E-state index is 0.107. The molecule has 0 saturated carbocycles. The first kappa shape index (κ1) is 20.0. The number of nitrogens with zero attached hydrogens (tertiary/aromatic N) is 1. The van der Waals surface area contributed by atoms with Crippen LogP contribution in [-0.4, -0.2) is 33.3 Å². The molecule has 1 atom stereocenters. The smallest absolute Gasteiger partial charge is 0.387 e. The van der Waals surface area contributed by atoms with Crippen molar-refractivity contribution in [3.05, 3.63) is 46.2 Å². The normalized spacial score (nSPS) is 12.8. The summed E-state index contributed by atoms with van der Waals surface area (Å²) in [5.74, 6) is 1.58. The summed E-state index contributed by atoms with van der Waals surface area (Å²) in [6, 6.07) is 6.80. The highest BCUT2D eigenvalue weighted by molar-refractivity contribution is 7.07. The van der Waals surface area contributed by atoms with Crippen LogP contribution in [0.25, 0.3) is 0 Å². The zero-order valence-electron chi connectivity index (χ0n) is 15.0. The molecule has 1 aromatic carbocycles. The molecule has 0 aliphatic carbocycles. The number of aliphatic imine (C=N–C) groups is 1. The molecule has 1 aromatic heterocycles. The summed E-state index contributed by atoms with van der Waals surface area (Å²) in [6.07, 6.45) is 0. The molecular weight excluding hydrogens is 360 g/mol. The first-order chi connectivity index (χ1) is 12.5. The summed E-state index contributed by atoms with van der Waals surface area (Å²) in [5, 5.41) is 10.5. The van der Waals surface area contributed by atoms with E-state index in [1.54, 1.807) is 30.5 Å². The number of hydrogen-bond donors (Lipinski definition) is 2. The van der Waals surface area contributed by atoms with Crippen molar-refractivity contribution in [1.29, 1.82) is 0 Å². The number of methoxy groups -OCH3 is 1. The maximum atomic E-state index is 12.6. The molecule has 0 fully saturated rings. The van der Waals surface area contributed by atoms with Gasteiger partial charge in [-0.3, -0.25) is 4.99 Å². The van der Waals surface area contributed by atoms with E-state index in [0.29, 0.717) is 29.7 Å². The first-order valence-corrected chi connectivity index (χ1v) is 9.06. The number of alkyl halides is 2. The first-order valence-electron chi connectivity index (χ1n) is 8.11. The lowest BCUT2D eigenvalue weighted by Crippen LogP contribution is -2.38. The number of hydrogen-bond acceptors (Lipinski definition) is 4. The van der Waals surface area contributed by atoms with E-state index >= 15 is 0 Å². The average Bonchev–Trinajstić information content (AvgIpc) is 3.17. The van der Waals surface area contributed by atoms with E-state index in [1.807, 2.05) is 5.38 Å². The molecule has 0 radical (unpaired) electrons. The molecular formula is C18H23F2N3O2S. The highest BCUT2D eigenvalue weighted by Gasteiger charge is 2.12. The second-order valence-corrected chi connectivity index (χ2v) is 6.40. The molecule has 0 aliphatic rings. The van der Waals surface area contributed by atoms with Gasteiger partial charge in [-0.2, -0.15) is 20.1 Å². The molecule has 2 N–H and O–H groups in total. The maximum Gasteiger partial charge on any atom is 0.387 e. The zero-order valence-corrected chi connectivity index (χ0v) is 15.8. The van der Waals surface area contributed by atoms with Crippen molar-refractivity contribution in [2.45, 2.75) is 26.0 Å². The number of thiophene rings is 1. The van der Waals surface area contributed by atoms with Crippen molar-refractivity contribution in [3.63, 3.8) is 0 Å². The topological polar surface area (TPSA) is 54.9 Å². The van der Waals surface area contributed by atoms with Crippen LogP contribution in [-0.2, 0) is 6.54 Å². The van der Waals surface area contributed by atoms with E-state index in [9.17, 15) is 8.78 Å². The maximum absolute atomic E-state index is 12.6. The number of guanidine groups is 1. The third-order valence-electron chi connectivity index (χ3n) is 3.84. The fourth-order valence-corrected chi connectivity index (χ4v) is 3.14. The van der Waals surface area contributed by atoms with Gasteiger partial charge in [0.05, 0.1) is 7.11 Å². The summed E-state index contributed by atoms with van der Waals surface area (Å²) >= 11 is 1.66. The summed E-state index contributed by atoms with van der Waals surface area (Å²) in [7, 11) is 3.18. The lowest BCUT2D eigenvalue weighted by molar-refractivity contribution is -0.0504. The molecule has 0 saturated heterocycles. The molecule has 0 amide bonds. The Hall–Kier alpha value is -2.35. The summed E-state index contributed by atoms with van der Waals surface area (Å²) in [4.78, 5) is 4.17. The number of rotatable bonds is 8. The molecule has 142 valence electrons. The molecule has 8 heteroatoms. The zero-order chi connectivity index (χ0) is 18.9. The van der Waals surface area contributed by atoms with Crippen LogP contribution in [0.1, 0.15) is 24.0 Å². The number of halogens is 2. The molecule has 5 nitrogen and oxygen atoms in total. The van der Waals surface area contributed by atoms with E-state index in [2.05, 4.69) is 38.7 Å². The SMILES string of the molecule is CN=C(NCc1cc(OC)ccc1OC(F)F)NCC(C)c1ccsc1. The van der Waals surface area contributed by atoms with Crippen LogP contribution < -0.4 is 20.1 Å². The van der Waals surface area contributed by atoms with Gasteiger partial charge in [0.2, 0.25) is 0 Å². The van der Waals surface area contributed by atoms with Crippen molar-refractivity contribution in [1.82, 2.24) is 10.6 Å². The highest BCUT2D eigenvalue weighted by atomic mass is 32.1. The molecule has 0 bridgehead atoms. The van der Waals surface area contributed by atoms with Crippen molar-refractivity contribution >= 4 is 17.3 Å².